The van der Waals surface area contributed by atoms with Gasteiger partial charge in [-0.1, -0.05) is 24.3 Å². The highest BCUT2D eigenvalue weighted by atomic mass is 79.9. The lowest BCUT2D eigenvalue weighted by atomic mass is 10.3. The van der Waals surface area contributed by atoms with Crippen molar-refractivity contribution in [2.24, 2.45) is 0 Å². The van der Waals surface area contributed by atoms with Crippen LogP contribution < -0.4 is 9.47 Å². The van der Waals surface area contributed by atoms with Crippen LogP contribution >= 0.6 is 31.9 Å². The summed E-state index contributed by atoms with van der Waals surface area (Å²) in [6, 6.07) is 15.5. The van der Waals surface area contributed by atoms with Crippen LogP contribution in [-0.4, -0.2) is 79.3 Å². The summed E-state index contributed by atoms with van der Waals surface area (Å²) in [6.07, 6.45) is 0. The van der Waals surface area contributed by atoms with Gasteiger partial charge in [-0.15, -0.1) is 0 Å². The number of hydrogen-bond donors (Lipinski definition) is 0. The summed E-state index contributed by atoms with van der Waals surface area (Å²) in [4.78, 5) is 0. The van der Waals surface area contributed by atoms with Crippen molar-refractivity contribution in [3.63, 3.8) is 0 Å². The van der Waals surface area contributed by atoms with E-state index in [9.17, 15) is 0 Å². The van der Waals surface area contributed by atoms with Crippen molar-refractivity contribution < 1.29 is 33.2 Å². The minimum Gasteiger partial charge on any atom is -0.490 e. The number of halogens is 2. The Balaban J connectivity index is 1.25. The summed E-state index contributed by atoms with van der Waals surface area (Å²) in [6.45, 7) is 6.22. The van der Waals surface area contributed by atoms with Gasteiger partial charge in [0.05, 0.1) is 75.0 Å². The molecular formula is C24H32Br2O7. The maximum atomic E-state index is 5.62. The fourth-order valence-electron chi connectivity index (χ4n) is 2.53. The van der Waals surface area contributed by atoms with Crippen molar-refractivity contribution in [1.82, 2.24) is 0 Å². The molecule has 0 aromatic heterocycles. The normalized spacial score (nSPS) is 11.0. The predicted octanol–water partition coefficient (Wildman–Crippen LogP) is 4.75. The van der Waals surface area contributed by atoms with Gasteiger partial charge in [-0.2, -0.15) is 0 Å². The molecule has 184 valence electrons. The van der Waals surface area contributed by atoms with E-state index in [1.165, 1.54) is 0 Å². The van der Waals surface area contributed by atoms with Crippen molar-refractivity contribution in [2.75, 3.05) is 79.3 Å². The van der Waals surface area contributed by atoms with Gasteiger partial charge < -0.3 is 33.2 Å². The Morgan fingerprint density at radius 1 is 0.394 bits per heavy atom. The largest absolute Gasteiger partial charge is 0.490 e. The second-order valence-electron chi connectivity index (χ2n) is 6.62. The van der Waals surface area contributed by atoms with Crippen molar-refractivity contribution in [3.8, 4) is 11.5 Å². The van der Waals surface area contributed by atoms with E-state index in [0.29, 0.717) is 79.3 Å². The van der Waals surface area contributed by atoms with E-state index in [2.05, 4.69) is 31.9 Å². The molecule has 0 unspecified atom stereocenters. The third kappa shape index (κ3) is 13.9. The summed E-state index contributed by atoms with van der Waals surface area (Å²) in [5.41, 5.74) is 0. The van der Waals surface area contributed by atoms with Gasteiger partial charge in [0, 0.05) is 0 Å². The second kappa shape index (κ2) is 19.1. The molecule has 33 heavy (non-hydrogen) atoms. The van der Waals surface area contributed by atoms with Crippen LogP contribution in [0.15, 0.2) is 57.5 Å². The van der Waals surface area contributed by atoms with Crippen molar-refractivity contribution in [3.05, 3.63) is 57.5 Å². The topological polar surface area (TPSA) is 64.6 Å². The van der Waals surface area contributed by atoms with E-state index in [0.717, 1.165) is 20.4 Å². The van der Waals surface area contributed by atoms with E-state index >= 15 is 0 Å². The minimum absolute atomic E-state index is 0.496. The Kier molecular flexibility index (Phi) is 16.3. The molecule has 0 radical (unpaired) electrons. The zero-order valence-electron chi connectivity index (χ0n) is 18.7. The summed E-state index contributed by atoms with van der Waals surface area (Å²) >= 11 is 6.88. The van der Waals surface area contributed by atoms with E-state index < -0.39 is 0 Å². The Hall–Kier alpha value is -1.20. The molecule has 0 saturated heterocycles. The van der Waals surface area contributed by atoms with Gasteiger partial charge in [-0.05, 0) is 56.1 Å². The quantitative estimate of drug-likeness (QED) is 0.206. The SMILES string of the molecule is Brc1ccccc1OCCOCCOCCOCCOCCOCCOc1ccccc1Br. The van der Waals surface area contributed by atoms with E-state index in [1.54, 1.807) is 0 Å². The molecule has 2 aromatic carbocycles. The first-order chi connectivity index (χ1) is 16.3. The van der Waals surface area contributed by atoms with Crippen LogP contribution in [0.3, 0.4) is 0 Å². The third-order valence-corrected chi connectivity index (χ3v) is 5.44. The molecule has 0 saturated carbocycles. The van der Waals surface area contributed by atoms with Crippen LogP contribution in [0.5, 0.6) is 11.5 Å². The van der Waals surface area contributed by atoms with Crippen LogP contribution in [0.4, 0.5) is 0 Å². The lowest BCUT2D eigenvalue weighted by molar-refractivity contribution is -0.0141. The lowest BCUT2D eigenvalue weighted by Gasteiger charge is -2.10. The molecule has 0 fully saturated rings. The second-order valence-corrected chi connectivity index (χ2v) is 8.33. The number of hydrogen-bond acceptors (Lipinski definition) is 7. The first-order valence-electron chi connectivity index (χ1n) is 10.9. The van der Waals surface area contributed by atoms with Crippen LogP contribution in [0.2, 0.25) is 0 Å². The minimum atomic E-state index is 0.496. The molecule has 0 atom stereocenters. The van der Waals surface area contributed by atoms with E-state index in [4.69, 9.17) is 33.2 Å². The van der Waals surface area contributed by atoms with Gasteiger partial charge in [0.1, 0.15) is 24.7 Å². The van der Waals surface area contributed by atoms with Gasteiger partial charge >= 0.3 is 0 Å². The smallest absolute Gasteiger partial charge is 0.133 e. The molecule has 0 aliphatic heterocycles. The molecule has 2 aromatic rings. The molecule has 0 aliphatic rings. The number of benzene rings is 2. The summed E-state index contributed by atoms with van der Waals surface area (Å²) in [5, 5.41) is 0. The molecule has 0 N–H and O–H groups in total. The molecule has 2 rings (SSSR count). The van der Waals surface area contributed by atoms with Crippen molar-refractivity contribution >= 4 is 31.9 Å². The number of rotatable bonds is 20. The first kappa shape index (κ1) is 28.0. The highest BCUT2D eigenvalue weighted by molar-refractivity contribution is 9.10. The average Bonchev–Trinajstić information content (AvgIpc) is 2.82. The molecule has 0 aliphatic carbocycles. The molecular weight excluding hydrogens is 560 g/mol. The van der Waals surface area contributed by atoms with Crippen LogP contribution in [0, 0.1) is 0 Å². The van der Waals surface area contributed by atoms with Crippen molar-refractivity contribution in [1.29, 1.82) is 0 Å². The highest BCUT2D eigenvalue weighted by Gasteiger charge is 2.00. The summed E-state index contributed by atoms with van der Waals surface area (Å²) < 4.78 is 40.5. The number of para-hydroxylation sites is 2. The van der Waals surface area contributed by atoms with Gasteiger partial charge in [-0.3, -0.25) is 0 Å². The van der Waals surface area contributed by atoms with E-state index in [-0.39, 0.29) is 0 Å². The zero-order valence-corrected chi connectivity index (χ0v) is 21.9. The number of ether oxygens (including phenoxy) is 7. The van der Waals surface area contributed by atoms with Gasteiger partial charge in [0.15, 0.2) is 0 Å². The zero-order chi connectivity index (χ0) is 23.4. The Bertz CT molecular complexity index is 687. The lowest BCUT2D eigenvalue weighted by Crippen LogP contribution is -2.15. The van der Waals surface area contributed by atoms with Crippen molar-refractivity contribution in [2.45, 2.75) is 0 Å². The summed E-state index contributed by atoms with van der Waals surface area (Å²) in [7, 11) is 0. The van der Waals surface area contributed by atoms with Crippen LogP contribution in [0.1, 0.15) is 0 Å². The fourth-order valence-corrected chi connectivity index (χ4v) is 3.32. The predicted molar refractivity (Wildman–Crippen MR) is 133 cm³/mol. The summed E-state index contributed by atoms with van der Waals surface area (Å²) in [5.74, 6) is 1.63. The molecule has 0 bridgehead atoms. The molecule has 0 heterocycles. The van der Waals surface area contributed by atoms with Gasteiger partial charge in [0.2, 0.25) is 0 Å². The monoisotopic (exact) mass is 590 g/mol. The highest BCUT2D eigenvalue weighted by Crippen LogP contribution is 2.24. The van der Waals surface area contributed by atoms with Crippen LogP contribution in [-0.2, 0) is 23.7 Å². The molecule has 7 nitrogen and oxygen atoms in total. The Labute approximate surface area is 212 Å². The Morgan fingerprint density at radius 3 is 0.970 bits per heavy atom. The molecule has 0 spiro atoms. The first-order valence-corrected chi connectivity index (χ1v) is 12.5. The Morgan fingerprint density at radius 2 is 0.667 bits per heavy atom. The maximum absolute atomic E-state index is 5.62. The van der Waals surface area contributed by atoms with E-state index in [1.807, 2.05) is 48.5 Å². The maximum Gasteiger partial charge on any atom is 0.133 e. The third-order valence-electron chi connectivity index (χ3n) is 4.13. The average molecular weight is 592 g/mol. The molecule has 0 amide bonds. The van der Waals surface area contributed by atoms with Crippen LogP contribution in [0.25, 0.3) is 0 Å². The molecule has 9 heteroatoms. The fraction of sp³-hybridized carbons (Fsp3) is 0.500. The van der Waals surface area contributed by atoms with Gasteiger partial charge in [0.25, 0.3) is 0 Å². The van der Waals surface area contributed by atoms with Gasteiger partial charge in [-0.25, -0.2) is 0 Å². The standard InChI is InChI=1S/C24H32Br2O7/c25-21-5-1-3-7-23(21)32-19-17-30-15-13-28-11-9-27-10-12-29-14-16-31-18-20-33-24-8-4-2-6-22(24)26/h1-8H,9-20H2.